The summed E-state index contributed by atoms with van der Waals surface area (Å²) in [5.74, 6) is 0.583. The molecule has 0 aromatic heterocycles. The molecule has 1 saturated heterocycles. The van der Waals surface area contributed by atoms with Crippen molar-refractivity contribution in [3.05, 3.63) is 0 Å². The Hall–Kier alpha value is -0.810. The summed E-state index contributed by atoms with van der Waals surface area (Å²) in [6.45, 7) is 8.41. The lowest BCUT2D eigenvalue weighted by Crippen LogP contribution is -2.43. The van der Waals surface area contributed by atoms with Crippen molar-refractivity contribution in [3.63, 3.8) is 0 Å². The van der Waals surface area contributed by atoms with Crippen molar-refractivity contribution < 1.29 is 14.3 Å². The van der Waals surface area contributed by atoms with Crippen LogP contribution in [0.3, 0.4) is 0 Å². The molecule has 3 unspecified atom stereocenters. The molecule has 0 aromatic carbocycles. The monoisotopic (exact) mass is 326 g/mol. The van der Waals surface area contributed by atoms with E-state index in [0.29, 0.717) is 18.1 Å². The van der Waals surface area contributed by atoms with E-state index in [0.717, 1.165) is 32.5 Å². The topological polar surface area (TPSA) is 50.8 Å². The van der Waals surface area contributed by atoms with E-state index in [1.165, 1.54) is 25.7 Å². The third kappa shape index (κ3) is 5.96. The highest BCUT2D eigenvalue weighted by molar-refractivity contribution is 5.68. The average Bonchev–Trinajstić information content (AvgIpc) is 2.95. The highest BCUT2D eigenvalue weighted by atomic mass is 16.6. The van der Waals surface area contributed by atoms with Gasteiger partial charge < -0.3 is 19.7 Å². The van der Waals surface area contributed by atoms with Gasteiger partial charge in [0.15, 0.2) is 0 Å². The fraction of sp³-hybridized carbons (Fsp3) is 0.944. The van der Waals surface area contributed by atoms with Crippen LogP contribution in [0.1, 0.15) is 59.3 Å². The average molecular weight is 326 g/mol. The maximum atomic E-state index is 12.1. The van der Waals surface area contributed by atoms with Crippen LogP contribution >= 0.6 is 0 Å². The Labute approximate surface area is 141 Å². The molecule has 1 heterocycles. The Morgan fingerprint density at radius 3 is 2.65 bits per heavy atom. The van der Waals surface area contributed by atoms with Gasteiger partial charge in [-0.1, -0.05) is 12.8 Å². The van der Waals surface area contributed by atoms with Crippen molar-refractivity contribution in [2.24, 2.45) is 5.92 Å². The predicted octanol–water partition coefficient (Wildman–Crippen LogP) is 3.18. The minimum absolute atomic E-state index is 0.167. The van der Waals surface area contributed by atoms with Gasteiger partial charge in [-0.05, 0) is 58.9 Å². The molecular formula is C18H34N2O3. The first-order valence-electron chi connectivity index (χ1n) is 9.13. The lowest BCUT2D eigenvalue weighted by atomic mass is 9.92. The maximum absolute atomic E-state index is 12.1. The van der Waals surface area contributed by atoms with Gasteiger partial charge in [-0.25, -0.2) is 4.79 Å². The second kappa shape index (κ2) is 8.34. The largest absolute Gasteiger partial charge is 0.444 e. The number of carbonyl (C=O) groups is 1. The summed E-state index contributed by atoms with van der Waals surface area (Å²) in [4.78, 5) is 13.9. The van der Waals surface area contributed by atoms with Crippen molar-refractivity contribution in [2.45, 2.75) is 77.0 Å². The number of nitrogens with one attached hydrogen (secondary N) is 1. The number of likely N-dealkylation sites (tertiary alicyclic amines) is 1. The number of carbonyl (C=O) groups excluding carboxylic acids is 1. The molecule has 0 radical (unpaired) electrons. The first-order valence-corrected chi connectivity index (χ1v) is 9.13. The molecule has 1 aliphatic heterocycles. The van der Waals surface area contributed by atoms with Crippen molar-refractivity contribution in [1.29, 1.82) is 0 Å². The minimum Gasteiger partial charge on any atom is -0.444 e. The molecule has 1 saturated carbocycles. The maximum Gasteiger partial charge on any atom is 0.410 e. The van der Waals surface area contributed by atoms with Crippen LogP contribution in [0.15, 0.2) is 0 Å². The van der Waals surface area contributed by atoms with Gasteiger partial charge in [-0.15, -0.1) is 0 Å². The number of hydrogen-bond donors (Lipinski definition) is 1. The van der Waals surface area contributed by atoms with Crippen LogP contribution in [0, 0.1) is 5.92 Å². The van der Waals surface area contributed by atoms with Crippen molar-refractivity contribution in [3.8, 4) is 0 Å². The van der Waals surface area contributed by atoms with Crippen molar-refractivity contribution in [1.82, 2.24) is 10.2 Å². The zero-order valence-electron chi connectivity index (χ0n) is 15.3. The Morgan fingerprint density at radius 1 is 1.22 bits per heavy atom. The van der Waals surface area contributed by atoms with E-state index in [9.17, 15) is 4.79 Å². The van der Waals surface area contributed by atoms with Gasteiger partial charge in [0.2, 0.25) is 0 Å². The summed E-state index contributed by atoms with van der Waals surface area (Å²) in [5, 5.41) is 3.67. The van der Waals surface area contributed by atoms with Crippen LogP contribution in [0.4, 0.5) is 4.79 Å². The summed E-state index contributed by atoms with van der Waals surface area (Å²) in [6, 6.07) is 0.497. The van der Waals surface area contributed by atoms with Gasteiger partial charge in [0.1, 0.15) is 5.60 Å². The summed E-state index contributed by atoms with van der Waals surface area (Å²) < 4.78 is 11.0. The summed E-state index contributed by atoms with van der Waals surface area (Å²) in [6.07, 6.45) is 7.37. The fourth-order valence-corrected chi connectivity index (χ4v) is 3.65. The SMILES string of the molecule is COC1CCCCC1NCCC1CCN(C(=O)OC(C)(C)C)C1. The lowest BCUT2D eigenvalue weighted by molar-refractivity contribution is 0.0286. The van der Waals surface area contributed by atoms with E-state index in [1.807, 2.05) is 32.8 Å². The van der Waals surface area contributed by atoms with E-state index < -0.39 is 5.60 Å². The molecular weight excluding hydrogens is 292 g/mol. The van der Waals surface area contributed by atoms with Gasteiger partial charge in [0.25, 0.3) is 0 Å². The molecule has 134 valence electrons. The molecule has 0 spiro atoms. The zero-order chi connectivity index (χ0) is 16.9. The highest BCUT2D eigenvalue weighted by Gasteiger charge is 2.30. The van der Waals surface area contributed by atoms with E-state index >= 15 is 0 Å². The third-order valence-electron chi connectivity index (χ3n) is 4.90. The highest BCUT2D eigenvalue weighted by Crippen LogP contribution is 2.23. The number of ether oxygens (including phenoxy) is 2. The molecule has 1 amide bonds. The van der Waals surface area contributed by atoms with Crippen LogP contribution < -0.4 is 5.32 Å². The molecule has 0 bridgehead atoms. The Morgan fingerprint density at radius 2 is 1.96 bits per heavy atom. The van der Waals surface area contributed by atoms with Gasteiger partial charge >= 0.3 is 6.09 Å². The molecule has 1 aliphatic carbocycles. The van der Waals surface area contributed by atoms with Gasteiger partial charge in [0.05, 0.1) is 6.10 Å². The first kappa shape index (κ1) is 18.5. The molecule has 2 aliphatic rings. The number of rotatable bonds is 5. The van der Waals surface area contributed by atoms with Crippen LogP contribution in [-0.2, 0) is 9.47 Å². The summed E-state index contributed by atoms with van der Waals surface area (Å²) in [5.41, 5.74) is -0.410. The molecule has 23 heavy (non-hydrogen) atoms. The Kier molecular flexibility index (Phi) is 6.72. The van der Waals surface area contributed by atoms with Crippen LogP contribution in [0.2, 0.25) is 0 Å². The summed E-state index contributed by atoms with van der Waals surface area (Å²) >= 11 is 0. The molecule has 0 aromatic rings. The Bertz CT molecular complexity index is 381. The second-order valence-corrected chi connectivity index (χ2v) is 7.99. The normalized spacial score (nSPS) is 28.9. The molecule has 3 atom stereocenters. The van der Waals surface area contributed by atoms with Crippen LogP contribution in [-0.4, -0.2) is 55.5 Å². The van der Waals surface area contributed by atoms with E-state index in [4.69, 9.17) is 9.47 Å². The smallest absolute Gasteiger partial charge is 0.410 e. The van der Waals surface area contributed by atoms with E-state index in [1.54, 1.807) is 0 Å². The third-order valence-corrected chi connectivity index (χ3v) is 4.90. The molecule has 5 heteroatoms. The van der Waals surface area contributed by atoms with Crippen molar-refractivity contribution in [2.75, 3.05) is 26.7 Å². The van der Waals surface area contributed by atoms with Crippen LogP contribution in [0.5, 0.6) is 0 Å². The molecule has 5 nitrogen and oxygen atoms in total. The predicted molar refractivity (Wildman–Crippen MR) is 91.6 cm³/mol. The van der Waals surface area contributed by atoms with Crippen molar-refractivity contribution >= 4 is 6.09 Å². The van der Waals surface area contributed by atoms with Gasteiger partial charge in [-0.3, -0.25) is 0 Å². The summed E-state index contributed by atoms with van der Waals surface area (Å²) in [7, 11) is 1.82. The standard InChI is InChI=1S/C18H34N2O3/c1-18(2,3)23-17(21)20-12-10-14(13-20)9-11-19-15-7-5-6-8-16(15)22-4/h14-16,19H,5-13H2,1-4H3. The first-order chi connectivity index (χ1) is 10.9. The number of hydrogen-bond acceptors (Lipinski definition) is 4. The number of amides is 1. The number of nitrogens with zero attached hydrogens (tertiary/aromatic N) is 1. The molecule has 2 rings (SSSR count). The van der Waals surface area contributed by atoms with E-state index in [2.05, 4.69) is 5.32 Å². The number of methoxy groups -OCH3 is 1. The van der Waals surface area contributed by atoms with Gasteiger partial charge in [-0.2, -0.15) is 0 Å². The molecule has 2 fully saturated rings. The quantitative estimate of drug-likeness (QED) is 0.843. The minimum atomic E-state index is -0.410. The second-order valence-electron chi connectivity index (χ2n) is 7.99. The Balaban J connectivity index is 1.66. The zero-order valence-corrected chi connectivity index (χ0v) is 15.3. The fourth-order valence-electron chi connectivity index (χ4n) is 3.65. The van der Waals surface area contributed by atoms with Gasteiger partial charge in [0, 0.05) is 26.2 Å². The van der Waals surface area contributed by atoms with Crippen LogP contribution in [0.25, 0.3) is 0 Å². The molecule has 1 N–H and O–H groups in total. The van der Waals surface area contributed by atoms with E-state index in [-0.39, 0.29) is 6.09 Å². The lowest BCUT2D eigenvalue weighted by Gasteiger charge is -2.31.